The minimum absolute atomic E-state index is 0.0557. The summed E-state index contributed by atoms with van der Waals surface area (Å²) in [6.45, 7) is 2.92. The molecular weight excluding hydrogens is 246 g/mol. The smallest absolute Gasteiger partial charge is 0.0537 e. The third kappa shape index (κ3) is 16.0. The summed E-state index contributed by atoms with van der Waals surface area (Å²) in [7, 11) is 0. The van der Waals surface area contributed by atoms with Gasteiger partial charge in [-0.15, -0.1) is 0 Å². The van der Waals surface area contributed by atoms with Gasteiger partial charge in [0, 0.05) is 0 Å². The van der Waals surface area contributed by atoms with Crippen LogP contribution >= 0.6 is 0 Å². The van der Waals surface area contributed by atoms with E-state index in [1.807, 2.05) is 0 Å². The van der Waals surface area contributed by atoms with E-state index in [4.69, 9.17) is 5.73 Å². The van der Waals surface area contributed by atoms with Crippen LogP contribution in [0.5, 0.6) is 0 Å². The fourth-order valence-electron chi connectivity index (χ4n) is 2.67. The van der Waals surface area contributed by atoms with Gasteiger partial charge in [-0.3, -0.25) is 0 Å². The van der Waals surface area contributed by atoms with Gasteiger partial charge in [0.05, 0.1) is 6.10 Å². The molecule has 0 rings (SSSR count). The van der Waals surface area contributed by atoms with Gasteiger partial charge in [-0.25, -0.2) is 0 Å². The zero-order chi connectivity index (χ0) is 14.9. The highest BCUT2D eigenvalue weighted by Crippen LogP contribution is 2.13. The van der Waals surface area contributed by atoms with Crippen molar-refractivity contribution in [3.63, 3.8) is 0 Å². The topological polar surface area (TPSA) is 46.2 Å². The lowest BCUT2D eigenvalue weighted by Gasteiger charge is -2.06. The van der Waals surface area contributed by atoms with Crippen molar-refractivity contribution in [1.82, 2.24) is 0 Å². The van der Waals surface area contributed by atoms with E-state index in [0.29, 0.717) is 0 Å². The minimum atomic E-state index is -0.0557. The van der Waals surface area contributed by atoms with Crippen molar-refractivity contribution >= 4 is 0 Å². The van der Waals surface area contributed by atoms with Crippen molar-refractivity contribution < 1.29 is 5.11 Å². The number of aliphatic hydroxyl groups excluding tert-OH is 1. The summed E-state index contributed by atoms with van der Waals surface area (Å²) in [6, 6.07) is 0. The van der Waals surface area contributed by atoms with Crippen LogP contribution in [0.1, 0.15) is 103 Å². The van der Waals surface area contributed by atoms with Gasteiger partial charge in [0.25, 0.3) is 0 Å². The summed E-state index contributed by atoms with van der Waals surface area (Å²) in [6.07, 6.45) is 19.5. The molecule has 1 atom stereocenters. The van der Waals surface area contributed by atoms with E-state index in [9.17, 15) is 5.11 Å². The quantitative estimate of drug-likeness (QED) is 0.384. The van der Waals surface area contributed by atoms with Gasteiger partial charge in [-0.1, -0.05) is 84.0 Å². The maximum absolute atomic E-state index is 9.44. The van der Waals surface area contributed by atoms with E-state index < -0.39 is 0 Å². The van der Waals surface area contributed by atoms with Crippen molar-refractivity contribution in [3.8, 4) is 0 Å². The average Bonchev–Trinajstić information content (AvgIpc) is 2.47. The maximum Gasteiger partial charge on any atom is 0.0537 e. The lowest BCUT2D eigenvalue weighted by molar-refractivity contribution is 0.156. The summed E-state index contributed by atoms with van der Waals surface area (Å²) in [5, 5.41) is 9.44. The Hall–Kier alpha value is -0.0800. The third-order valence-corrected chi connectivity index (χ3v) is 4.21. The summed E-state index contributed by atoms with van der Waals surface area (Å²) in [5.41, 5.74) is 5.48. The van der Waals surface area contributed by atoms with Crippen LogP contribution in [0.2, 0.25) is 0 Å². The molecule has 0 aromatic rings. The minimum Gasteiger partial charge on any atom is -0.393 e. The average molecular weight is 286 g/mol. The predicted molar refractivity (Wildman–Crippen MR) is 90.0 cm³/mol. The normalized spacial score (nSPS) is 12.8. The molecule has 2 nitrogen and oxygen atoms in total. The van der Waals surface area contributed by atoms with E-state index >= 15 is 0 Å². The molecule has 0 bridgehead atoms. The fraction of sp³-hybridized carbons (Fsp3) is 1.00. The first-order valence-electron chi connectivity index (χ1n) is 9.19. The molecule has 20 heavy (non-hydrogen) atoms. The largest absolute Gasteiger partial charge is 0.393 e. The van der Waals surface area contributed by atoms with Gasteiger partial charge >= 0.3 is 0 Å². The second-order valence-electron chi connectivity index (χ2n) is 6.24. The molecule has 2 heteroatoms. The first kappa shape index (κ1) is 19.9. The Balaban J connectivity index is 2.96. The molecule has 0 aliphatic rings. The molecule has 3 N–H and O–H groups in total. The third-order valence-electron chi connectivity index (χ3n) is 4.21. The maximum atomic E-state index is 9.44. The lowest BCUT2D eigenvalue weighted by Crippen LogP contribution is -2.03. The van der Waals surface area contributed by atoms with Crippen LogP contribution < -0.4 is 5.73 Å². The Kier molecular flexibility index (Phi) is 16.9. The molecule has 122 valence electrons. The van der Waals surface area contributed by atoms with E-state index in [2.05, 4.69) is 6.92 Å². The Morgan fingerprint density at radius 1 is 0.650 bits per heavy atom. The monoisotopic (exact) mass is 285 g/mol. The molecule has 0 fully saturated rings. The highest BCUT2D eigenvalue weighted by molar-refractivity contribution is 4.53. The Morgan fingerprint density at radius 3 is 1.35 bits per heavy atom. The van der Waals surface area contributed by atoms with Crippen molar-refractivity contribution in [2.24, 2.45) is 5.73 Å². The molecule has 0 aliphatic heterocycles. The van der Waals surface area contributed by atoms with E-state index in [-0.39, 0.29) is 6.10 Å². The summed E-state index contributed by atoms with van der Waals surface area (Å²) >= 11 is 0. The fourth-order valence-corrected chi connectivity index (χ4v) is 2.67. The zero-order valence-electron chi connectivity index (χ0n) is 13.9. The molecule has 0 radical (unpaired) electrons. The number of unbranched alkanes of at least 4 members (excludes halogenated alkanes) is 12. The summed E-state index contributed by atoms with van der Waals surface area (Å²) < 4.78 is 0. The zero-order valence-corrected chi connectivity index (χ0v) is 13.9. The second kappa shape index (κ2) is 17.0. The van der Waals surface area contributed by atoms with Crippen molar-refractivity contribution in [2.75, 3.05) is 6.54 Å². The number of aliphatic hydroxyl groups is 1. The predicted octanol–water partition coefficient (Wildman–Crippen LogP) is 5.18. The van der Waals surface area contributed by atoms with E-state index in [0.717, 1.165) is 19.4 Å². The Labute approximate surface area is 127 Å². The van der Waals surface area contributed by atoms with Gasteiger partial charge in [0.2, 0.25) is 0 Å². The molecule has 0 heterocycles. The molecule has 0 aromatic carbocycles. The van der Waals surface area contributed by atoms with Crippen LogP contribution in [0.4, 0.5) is 0 Å². The van der Waals surface area contributed by atoms with Crippen molar-refractivity contribution in [3.05, 3.63) is 0 Å². The number of hydrogen-bond acceptors (Lipinski definition) is 2. The second-order valence-corrected chi connectivity index (χ2v) is 6.24. The summed E-state index contributed by atoms with van der Waals surface area (Å²) in [5.74, 6) is 0. The molecule has 0 saturated heterocycles. The van der Waals surface area contributed by atoms with Gasteiger partial charge < -0.3 is 10.8 Å². The standard InChI is InChI=1S/C18H39NO/c1-2-18(20)16-14-12-10-8-6-4-3-5-7-9-11-13-15-17-19/h18,20H,2-17,19H2,1H3. The molecule has 0 spiro atoms. The van der Waals surface area contributed by atoms with Crippen LogP contribution in [-0.2, 0) is 0 Å². The number of nitrogens with two attached hydrogens (primary N) is 1. The van der Waals surface area contributed by atoms with Gasteiger partial charge in [0.1, 0.15) is 0 Å². The molecular formula is C18H39NO. The van der Waals surface area contributed by atoms with Crippen LogP contribution in [0.15, 0.2) is 0 Å². The molecule has 0 aliphatic carbocycles. The van der Waals surface area contributed by atoms with Gasteiger partial charge in [-0.05, 0) is 25.8 Å². The SMILES string of the molecule is CCC(O)CCCCCCCCCCCCCCCN. The highest BCUT2D eigenvalue weighted by Gasteiger charge is 1.99. The summed E-state index contributed by atoms with van der Waals surface area (Å²) in [4.78, 5) is 0. The molecule has 1 unspecified atom stereocenters. The Morgan fingerprint density at radius 2 is 1.00 bits per heavy atom. The van der Waals surface area contributed by atoms with Crippen LogP contribution in [0, 0.1) is 0 Å². The Bertz CT molecular complexity index is 173. The number of rotatable bonds is 16. The van der Waals surface area contributed by atoms with Crippen LogP contribution in [-0.4, -0.2) is 17.8 Å². The van der Waals surface area contributed by atoms with Crippen molar-refractivity contribution in [2.45, 2.75) is 109 Å². The van der Waals surface area contributed by atoms with E-state index in [1.54, 1.807) is 0 Å². The number of hydrogen-bond donors (Lipinski definition) is 2. The van der Waals surface area contributed by atoms with Crippen LogP contribution in [0.3, 0.4) is 0 Å². The van der Waals surface area contributed by atoms with Crippen molar-refractivity contribution in [1.29, 1.82) is 0 Å². The molecule has 0 saturated carbocycles. The highest BCUT2D eigenvalue weighted by atomic mass is 16.3. The van der Waals surface area contributed by atoms with E-state index in [1.165, 1.54) is 83.5 Å². The lowest BCUT2D eigenvalue weighted by atomic mass is 10.0. The van der Waals surface area contributed by atoms with Gasteiger partial charge in [0.15, 0.2) is 0 Å². The first-order chi connectivity index (χ1) is 9.81. The van der Waals surface area contributed by atoms with Crippen LogP contribution in [0.25, 0.3) is 0 Å². The molecule has 0 amide bonds. The first-order valence-corrected chi connectivity index (χ1v) is 9.19. The molecule has 0 aromatic heterocycles. The van der Waals surface area contributed by atoms with Gasteiger partial charge in [-0.2, -0.15) is 0 Å².